The Kier molecular flexibility index (Phi) is 76.3. The number of nitrogens with zero attached hydrogens (tertiary/aromatic N) is 4. The summed E-state index contributed by atoms with van der Waals surface area (Å²) in [4.78, 5) is 134. The van der Waals surface area contributed by atoms with Crippen molar-refractivity contribution in [3.8, 4) is 0 Å². The molecule has 0 aliphatic rings. The fraction of sp³-hybridized carbons (Fsp3) is 0.838. The second kappa shape index (κ2) is 77.5. The number of carbonyl (C=O) groups excluding carboxylic acids is 7. The highest BCUT2D eigenvalue weighted by Gasteiger charge is 2.40. The minimum Gasteiger partial charge on any atom is -0.475 e. The topological polar surface area (TPSA) is 514 Å². The summed E-state index contributed by atoms with van der Waals surface area (Å²) >= 11 is 0. The van der Waals surface area contributed by atoms with Crippen LogP contribution in [0, 0.1) is 0 Å². The summed E-state index contributed by atoms with van der Waals surface area (Å²) in [6, 6.07) is -3.55. The summed E-state index contributed by atoms with van der Waals surface area (Å²) < 4.78 is 95.2. The van der Waals surface area contributed by atoms with E-state index >= 15 is 0 Å². The van der Waals surface area contributed by atoms with Crippen molar-refractivity contribution in [1.29, 1.82) is 0 Å². The molecule has 0 aromatic rings. The first-order chi connectivity index (χ1) is 55.8. The summed E-state index contributed by atoms with van der Waals surface area (Å²) in [6.07, 6.45) is 40.2. The molecule has 0 aromatic heterocycles. The summed E-state index contributed by atoms with van der Waals surface area (Å²) in [6.45, 7) is 5.70. The quantitative estimate of drug-likeness (QED) is 0.0116. The van der Waals surface area contributed by atoms with Crippen LogP contribution in [0.25, 0.3) is 0 Å². The average molecular weight is 1710 g/mol. The van der Waals surface area contributed by atoms with E-state index in [-0.39, 0.29) is 126 Å². The van der Waals surface area contributed by atoms with Gasteiger partial charge in [0.15, 0.2) is 17.9 Å². The van der Waals surface area contributed by atoms with E-state index in [2.05, 4.69) is 55.4 Å². The number of alkyl halides is 9. The van der Waals surface area contributed by atoms with E-state index in [1.165, 1.54) is 236 Å². The van der Waals surface area contributed by atoms with Crippen molar-refractivity contribution in [1.82, 2.24) is 31.5 Å². The van der Waals surface area contributed by atoms with Gasteiger partial charge in [0.05, 0.1) is 0 Å². The van der Waals surface area contributed by atoms with Crippen molar-refractivity contribution < 1.29 is 103 Å². The zero-order valence-corrected chi connectivity index (χ0v) is 70.6. The molecule has 29 nitrogen and oxygen atoms in total. The molecule has 0 aromatic carbocycles. The third-order valence-electron chi connectivity index (χ3n) is 18.8. The molecule has 0 saturated carbocycles. The smallest absolute Gasteiger partial charge is 0.475 e. The van der Waals surface area contributed by atoms with Gasteiger partial charge in [-0.25, -0.2) is 14.4 Å². The number of amides is 7. The van der Waals surface area contributed by atoms with Gasteiger partial charge in [-0.1, -0.05) is 271 Å². The van der Waals surface area contributed by atoms with Crippen LogP contribution in [0.4, 0.5) is 39.5 Å². The molecular weight excluding hydrogens is 1560 g/mol. The number of carboxylic acid groups (broad SMARTS) is 3. The van der Waals surface area contributed by atoms with Crippen molar-refractivity contribution in [3.05, 3.63) is 0 Å². The molecule has 0 heterocycles. The van der Waals surface area contributed by atoms with E-state index in [9.17, 15) is 73.1 Å². The van der Waals surface area contributed by atoms with Gasteiger partial charge in [0, 0.05) is 71.5 Å². The highest BCUT2D eigenvalue weighted by atomic mass is 19.4. The number of unbranched alkanes of at least 4 members (excludes halogenated alkanes) is 40. The molecule has 0 bridgehead atoms. The highest BCUT2D eigenvalue weighted by molar-refractivity contribution is 5.94. The lowest BCUT2D eigenvalue weighted by molar-refractivity contribution is -0.193. The Morgan fingerprint density at radius 1 is 0.305 bits per heavy atom. The Morgan fingerprint density at radius 2 is 0.525 bits per heavy atom. The lowest BCUT2D eigenvalue weighted by atomic mass is 10.0. The number of nitrogens with two attached hydrogens (primary N) is 7. The molecule has 0 aliphatic heterocycles. The maximum Gasteiger partial charge on any atom is 0.490 e. The first-order valence-electron chi connectivity index (χ1n) is 42.9. The minimum atomic E-state index is -5.08. The minimum absolute atomic E-state index is 0.0348. The lowest BCUT2D eigenvalue weighted by Crippen LogP contribution is -2.56. The van der Waals surface area contributed by atoms with Crippen LogP contribution < -0.4 is 66.7 Å². The van der Waals surface area contributed by atoms with Gasteiger partial charge in [0.1, 0.15) is 18.1 Å². The van der Waals surface area contributed by atoms with Gasteiger partial charge in [-0.3, -0.25) is 48.5 Å². The molecule has 0 fully saturated rings. The van der Waals surface area contributed by atoms with Crippen LogP contribution in [0.15, 0.2) is 15.0 Å². The predicted molar refractivity (Wildman–Crippen MR) is 442 cm³/mol. The fourth-order valence-electron chi connectivity index (χ4n) is 12.2. The maximum atomic E-state index is 14.1. The number of guanidine groups is 3. The molecule has 22 N–H and O–H groups in total. The van der Waals surface area contributed by atoms with Gasteiger partial charge in [-0.2, -0.15) is 39.5 Å². The van der Waals surface area contributed by atoms with Crippen molar-refractivity contribution in [2.24, 2.45) is 55.1 Å². The van der Waals surface area contributed by atoms with Gasteiger partial charge < -0.3 is 86.9 Å². The molecule has 690 valence electrons. The summed E-state index contributed by atoms with van der Waals surface area (Å²) in [5.41, 5.74) is 38.6. The molecule has 0 aliphatic carbocycles. The van der Waals surface area contributed by atoms with Crippen molar-refractivity contribution >= 4 is 77.1 Å². The number of aliphatic imine (C=N–C) groups is 3. The molecule has 38 heteroatoms. The Morgan fingerprint density at radius 3 is 0.754 bits per heavy atom. The van der Waals surface area contributed by atoms with E-state index in [0.717, 1.165) is 38.5 Å². The number of halogens is 9. The highest BCUT2D eigenvalue weighted by Crippen LogP contribution is 2.20. The zero-order valence-electron chi connectivity index (χ0n) is 70.6. The van der Waals surface area contributed by atoms with Crippen molar-refractivity contribution in [2.75, 3.05) is 45.8 Å². The Hall–Kier alpha value is -8.12. The molecular formula is C80H149F9N16O13. The molecule has 0 rings (SSSR count). The van der Waals surface area contributed by atoms with Crippen molar-refractivity contribution in [2.45, 2.75) is 384 Å². The molecule has 7 amide bonds. The first-order valence-corrected chi connectivity index (χ1v) is 42.9. The standard InChI is InChI=1S/C74H146N16O7.3C2HF3O2/c1-3-5-7-9-11-13-15-17-19-21-23-25-27-29-31-33-35-37-39-41-43-51-65(91)82-58-60-90(61-59-83-66(92)52-44-42-40-38-36-34-32-30-28-26-24-22-20-18-16-14-12-10-8-6-4-2)68(94)54-53-67(93)87-63(49-46-56-85-73(78)79)70(96)89-64(50-47-57-86-74(80)81)71(97)88-62(69(75)95)48-45-55-84-72(76)77;3*3-2(4,5)1(6)7/h62-64H,3-61H2,1-2H3,(H2,75,95)(H,82,91)(H,83,92)(H,87,93)(H,88,97)(H,89,96)(H4,76,77,84)(H4,78,79,85)(H4,80,81,86);3*(H,6,7)/t62-,63-,64-;;;/m0.../s1. The predicted octanol–water partition coefficient (Wildman–Crippen LogP) is 13.0. The fourth-order valence-corrected chi connectivity index (χ4v) is 12.2. The monoisotopic (exact) mass is 1710 g/mol. The molecule has 0 unspecified atom stereocenters. The summed E-state index contributed by atoms with van der Waals surface area (Å²) in [5, 5.41) is 35.4. The molecule has 3 atom stereocenters. The van der Waals surface area contributed by atoms with Gasteiger partial charge in [0.2, 0.25) is 41.4 Å². The number of nitrogens with one attached hydrogen (secondary N) is 5. The van der Waals surface area contributed by atoms with Gasteiger partial charge in [0.25, 0.3) is 0 Å². The number of hydrogen-bond acceptors (Lipinski definition) is 13. The van der Waals surface area contributed by atoms with Crippen LogP contribution in [0.5, 0.6) is 0 Å². The average Bonchev–Trinajstić information content (AvgIpc) is 0.870. The Balaban J connectivity index is -0.00000270. The summed E-state index contributed by atoms with van der Waals surface area (Å²) in [7, 11) is 0. The van der Waals surface area contributed by atoms with Crippen LogP contribution in [0.3, 0.4) is 0 Å². The first kappa shape index (κ1) is 116. The van der Waals surface area contributed by atoms with E-state index in [1.54, 1.807) is 0 Å². The number of carbonyl (C=O) groups is 10. The van der Waals surface area contributed by atoms with Crippen LogP contribution in [-0.4, -0.2) is 180 Å². The number of carboxylic acids is 3. The van der Waals surface area contributed by atoms with Gasteiger partial charge >= 0.3 is 36.4 Å². The lowest BCUT2D eigenvalue weighted by Gasteiger charge is -2.25. The van der Waals surface area contributed by atoms with E-state index in [0.29, 0.717) is 19.3 Å². The molecule has 118 heavy (non-hydrogen) atoms. The number of rotatable bonds is 71. The second-order valence-electron chi connectivity index (χ2n) is 29.6. The molecule has 0 spiro atoms. The number of aliphatic carboxylic acids is 3. The van der Waals surface area contributed by atoms with Crippen LogP contribution in [0.1, 0.15) is 348 Å². The van der Waals surface area contributed by atoms with E-state index < -0.39 is 78.2 Å². The van der Waals surface area contributed by atoms with Gasteiger partial charge in [-0.05, 0) is 51.4 Å². The number of primary amides is 1. The van der Waals surface area contributed by atoms with Gasteiger partial charge in [-0.15, -0.1) is 0 Å². The van der Waals surface area contributed by atoms with Crippen LogP contribution in [-0.2, 0) is 47.9 Å². The molecule has 0 radical (unpaired) electrons. The zero-order chi connectivity index (χ0) is 89.7. The SMILES string of the molecule is CCCCCCCCCCCCCCCCCCCCCCCC(=O)NCCN(CCNC(=O)CCCCCCCCCCCCCCCCCCCCCCC)C(=O)CCC(=O)N[C@@H](CCCN=C(N)N)C(=O)N[C@@H](CCCN=C(N)N)C(=O)N[C@@H](CCCN=C(N)N)C(N)=O.O=C(O)C(F)(F)F.O=C(O)C(F)(F)F.O=C(O)C(F)(F)F. The van der Waals surface area contributed by atoms with E-state index in [4.69, 9.17) is 69.8 Å². The normalized spacial score (nSPS) is 11.9. The van der Waals surface area contributed by atoms with E-state index in [1.807, 2.05) is 0 Å². The third kappa shape index (κ3) is 83.0. The van der Waals surface area contributed by atoms with Crippen LogP contribution in [0.2, 0.25) is 0 Å². The summed E-state index contributed by atoms with van der Waals surface area (Å²) in [5.74, 6) is -12.1. The Bertz CT molecular complexity index is 2610. The molecule has 0 saturated heterocycles. The van der Waals surface area contributed by atoms with Crippen molar-refractivity contribution in [3.63, 3.8) is 0 Å². The maximum absolute atomic E-state index is 14.1. The second-order valence-corrected chi connectivity index (χ2v) is 29.6. The number of hydrogen-bond donors (Lipinski definition) is 15. The third-order valence-corrected chi connectivity index (χ3v) is 18.8. The Labute approximate surface area is 694 Å². The van der Waals surface area contributed by atoms with Crippen LogP contribution >= 0.6 is 0 Å². The largest absolute Gasteiger partial charge is 0.490 e.